The molecule has 0 aliphatic heterocycles. The van der Waals surface area contributed by atoms with Gasteiger partial charge in [0.1, 0.15) is 0 Å². The average Bonchev–Trinajstić information content (AvgIpc) is 3.35. The molecule has 4 aromatic rings. The summed E-state index contributed by atoms with van der Waals surface area (Å²) >= 11 is 0. The van der Waals surface area contributed by atoms with E-state index in [0.29, 0.717) is 11.5 Å². The Hall–Kier alpha value is -3.22. The van der Waals surface area contributed by atoms with Crippen LogP contribution < -0.4 is 5.32 Å². The fraction of sp³-hybridized carbons (Fsp3) is 0.300. The summed E-state index contributed by atoms with van der Waals surface area (Å²) in [6, 6.07) is 7.66. The lowest BCUT2D eigenvalue weighted by Crippen LogP contribution is -2.13. The number of carbonyl (C=O) groups is 1. The molecule has 7 heteroatoms. The van der Waals surface area contributed by atoms with E-state index in [9.17, 15) is 4.79 Å². The number of benzene rings is 1. The molecule has 1 fully saturated rings. The normalized spacial score (nSPS) is 14.1. The first-order valence-corrected chi connectivity index (χ1v) is 9.23. The molecule has 1 saturated carbocycles. The maximum Gasteiger partial charge on any atom is 0.256 e. The highest BCUT2D eigenvalue weighted by atomic mass is 16.1. The quantitative estimate of drug-likeness (QED) is 0.604. The number of pyridine rings is 1. The van der Waals surface area contributed by atoms with Crippen molar-refractivity contribution in [1.29, 1.82) is 0 Å². The molecule has 1 aromatic carbocycles. The van der Waals surface area contributed by atoms with Gasteiger partial charge in [-0.2, -0.15) is 5.10 Å². The maximum atomic E-state index is 13.1. The third kappa shape index (κ3) is 2.66. The molecule has 0 atom stereocenters. The molecule has 0 radical (unpaired) electrons. The highest BCUT2D eigenvalue weighted by molar-refractivity contribution is 6.12. The van der Waals surface area contributed by atoms with E-state index < -0.39 is 0 Å². The van der Waals surface area contributed by atoms with Crippen molar-refractivity contribution in [2.75, 3.05) is 5.32 Å². The highest BCUT2D eigenvalue weighted by Crippen LogP contribution is 2.40. The van der Waals surface area contributed by atoms with Gasteiger partial charge in [0, 0.05) is 30.9 Å². The first-order chi connectivity index (χ1) is 13.1. The van der Waals surface area contributed by atoms with Crippen LogP contribution in [0.3, 0.4) is 0 Å². The topological polar surface area (TPSA) is 77.6 Å². The van der Waals surface area contributed by atoms with Crippen LogP contribution in [-0.2, 0) is 13.6 Å². The maximum absolute atomic E-state index is 13.1. The second kappa shape index (κ2) is 5.90. The number of imidazole rings is 1. The summed E-state index contributed by atoms with van der Waals surface area (Å²) in [7, 11) is 1.94. The number of hydrogen-bond donors (Lipinski definition) is 1. The zero-order chi connectivity index (χ0) is 18.5. The molecule has 0 saturated heterocycles. The molecule has 1 amide bonds. The Bertz CT molecular complexity index is 1180. The fourth-order valence-corrected chi connectivity index (χ4v) is 3.48. The van der Waals surface area contributed by atoms with Gasteiger partial charge in [-0.1, -0.05) is 0 Å². The molecule has 136 valence electrons. The van der Waals surface area contributed by atoms with Crippen LogP contribution in [0.1, 0.15) is 41.7 Å². The van der Waals surface area contributed by atoms with Crippen molar-refractivity contribution in [2.45, 2.75) is 32.2 Å². The number of hydrogen-bond acceptors (Lipinski definition) is 4. The predicted molar refractivity (Wildman–Crippen MR) is 104 cm³/mol. The molecule has 7 nitrogen and oxygen atoms in total. The first-order valence-electron chi connectivity index (χ1n) is 9.23. The first kappa shape index (κ1) is 16.0. The minimum absolute atomic E-state index is 0.138. The van der Waals surface area contributed by atoms with Gasteiger partial charge < -0.3 is 9.88 Å². The van der Waals surface area contributed by atoms with Gasteiger partial charge in [0.15, 0.2) is 5.65 Å². The molecule has 0 bridgehead atoms. The Kier molecular flexibility index (Phi) is 3.50. The molecule has 1 aliphatic carbocycles. The van der Waals surface area contributed by atoms with E-state index in [1.54, 1.807) is 12.5 Å². The van der Waals surface area contributed by atoms with Crippen LogP contribution in [0.25, 0.3) is 22.1 Å². The number of amides is 1. The summed E-state index contributed by atoms with van der Waals surface area (Å²) in [5, 5.41) is 8.21. The Labute approximate surface area is 156 Å². The second-order valence-electron chi connectivity index (χ2n) is 7.08. The van der Waals surface area contributed by atoms with Gasteiger partial charge in [-0.05, 0) is 44.0 Å². The third-order valence-corrected chi connectivity index (χ3v) is 5.15. The van der Waals surface area contributed by atoms with Gasteiger partial charge in [-0.3, -0.25) is 4.79 Å². The molecule has 1 aliphatic rings. The number of fused-ring (bicyclic) bond motifs is 2. The number of nitrogens with one attached hydrogen (secondary N) is 1. The Morgan fingerprint density at radius 1 is 1.30 bits per heavy atom. The van der Waals surface area contributed by atoms with Gasteiger partial charge >= 0.3 is 0 Å². The van der Waals surface area contributed by atoms with Crippen molar-refractivity contribution in [3.05, 3.63) is 48.0 Å². The second-order valence-corrected chi connectivity index (χ2v) is 7.08. The largest absolute Gasteiger partial charge is 0.334 e. The molecule has 5 rings (SSSR count). The van der Waals surface area contributed by atoms with E-state index in [4.69, 9.17) is 4.98 Å². The van der Waals surface area contributed by atoms with Crippen molar-refractivity contribution in [2.24, 2.45) is 7.05 Å². The predicted octanol–water partition coefficient (Wildman–Crippen LogP) is 3.47. The summed E-state index contributed by atoms with van der Waals surface area (Å²) in [6.07, 6.45) is 5.78. The smallest absolute Gasteiger partial charge is 0.256 e. The van der Waals surface area contributed by atoms with E-state index in [1.165, 1.54) is 0 Å². The van der Waals surface area contributed by atoms with Crippen LogP contribution in [0.2, 0.25) is 0 Å². The van der Waals surface area contributed by atoms with E-state index >= 15 is 0 Å². The number of nitrogens with zero attached hydrogens (tertiary/aromatic N) is 5. The van der Waals surface area contributed by atoms with Crippen molar-refractivity contribution in [1.82, 2.24) is 24.3 Å². The number of rotatable bonds is 4. The Morgan fingerprint density at radius 2 is 2.15 bits per heavy atom. The van der Waals surface area contributed by atoms with E-state index in [-0.39, 0.29) is 5.91 Å². The molecule has 3 aromatic heterocycles. The molecule has 1 N–H and O–H groups in total. The molecule has 0 spiro atoms. The minimum atomic E-state index is -0.138. The molecule has 0 unspecified atom stereocenters. The van der Waals surface area contributed by atoms with Gasteiger partial charge in [-0.25, -0.2) is 14.6 Å². The van der Waals surface area contributed by atoms with Crippen LogP contribution >= 0.6 is 0 Å². The molecule has 27 heavy (non-hydrogen) atoms. The highest BCUT2D eigenvalue weighted by Gasteiger charge is 2.28. The summed E-state index contributed by atoms with van der Waals surface area (Å²) in [5.41, 5.74) is 5.04. The summed E-state index contributed by atoms with van der Waals surface area (Å²) in [5.74, 6) is 0.327. The summed E-state index contributed by atoms with van der Waals surface area (Å²) < 4.78 is 3.78. The molecular formula is C20H20N6O. The van der Waals surface area contributed by atoms with Crippen LogP contribution in [0.4, 0.5) is 5.69 Å². The molecule has 3 heterocycles. The van der Waals surface area contributed by atoms with E-state index in [0.717, 1.165) is 52.8 Å². The van der Waals surface area contributed by atoms with Crippen LogP contribution in [0.5, 0.6) is 0 Å². The summed E-state index contributed by atoms with van der Waals surface area (Å²) in [4.78, 5) is 22.2. The number of anilines is 1. The summed E-state index contributed by atoms with van der Waals surface area (Å²) in [6.45, 7) is 2.75. The zero-order valence-electron chi connectivity index (χ0n) is 15.3. The number of carbonyl (C=O) groups excluding carboxylic acids is 1. The Morgan fingerprint density at radius 3 is 2.93 bits per heavy atom. The standard InChI is InChI=1S/C20H20N6O/c1-3-26-19-15(10-22-26)14(9-17(24-19)12-4-5-12)20(27)23-13-6-7-16-18(8-13)25(2)11-21-16/h6-12H,3-5H2,1-2H3,(H,23,27). The number of aromatic nitrogens is 5. The van der Waals surface area contributed by atoms with Gasteiger partial charge in [0.25, 0.3) is 5.91 Å². The number of aryl methyl sites for hydroxylation is 2. The lowest BCUT2D eigenvalue weighted by molar-refractivity contribution is 0.102. The van der Waals surface area contributed by atoms with Crippen molar-refractivity contribution in [3.63, 3.8) is 0 Å². The van der Waals surface area contributed by atoms with Crippen molar-refractivity contribution in [3.8, 4) is 0 Å². The van der Waals surface area contributed by atoms with Gasteiger partial charge in [0.05, 0.1) is 34.5 Å². The zero-order valence-corrected chi connectivity index (χ0v) is 15.3. The third-order valence-electron chi connectivity index (χ3n) is 5.15. The van der Waals surface area contributed by atoms with E-state index in [1.807, 2.05) is 47.5 Å². The molecular weight excluding hydrogens is 340 g/mol. The minimum Gasteiger partial charge on any atom is -0.334 e. The average molecular weight is 360 g/mol. The van der Waals surface area contributed by atoms with Crippen LogP contribution in [0, 0.1) is 0 Å². The van der Waals surface area contributed by atoms with Crippen LogP contribution in [-0.4, -0.2) is 30.2 Å². The van der Waals surface area contributed by atoms with Crippen molar-refractivity contribution >= 4 is 33.7 Å². The monoisotopic (exact) mass is 360 g/mol. The van der Waals surface area contributed by atoms with Gasteiger partial charge in [0.2, 0.25) is 0 Å². The van der Waals surface area contributed by atoms with E-state index in [2.05, 4.69) is 15.4 Å². The van der Waals surface area contributed by atoms with Crippen molar-refractivity contribution < 1.29 is 4.79 Å². The lowest BCUT2D eigenvalue weighted by atomic mass is 10.1. The SMILES string of the molecule is CCn1ncc2c(C(=O)Nc3ccc4ncn(C)c4c3)cc(C3CC3)nc21. The lowest BCUT2D eigenvalue weighted by Gasteiger charge is -2.09. The van der Waals surface area contributed by atoms with Crippen LogP contribution in [0.15, 0.2) is 36.8 Å². The van der Waals surface area contributed by atoms with Gasteiger partial charge in [-0.15, -0.1) is 0 Å². The Balaban J connectivity index is 1.56. The fourth-order valence-electron chi connectivity index (χ4n) is 3.48.